The molecular formula is C25H22ClN3O3S3. The van der Waals surface area contributed by atoms with Gasteiger partial charge in [0, 0.05) is 18.7 Å². The zero-order chi connectivity index (χ0) is 24.4. The molecule has 4 aromatic rings. The molecule has 1 atom stereocenters. The number of carbonyl (C=O) groups excluding carboxylic acids is 1. The van der Waals surface area contributed by atoms with Crippen molar-refractivity contribution in [2.75, 3.05) is 18.4 Å². The number of hydrogen-bond acceptors (Lipinski definition) is 6. The number of piperidine rings is 1. The summed E-state index contributed by atoms with van der Waals surface area (Å²) >= 11 is 8.39. The highest BCUT2D eigenvalue weighted by atomic mass is 35.5. The second-order valence-electron chi connectivity index (χ2n) is 8.18. The van der Waals surface area contributed by atoms with E-state index in [0.29, 0.717) is 28.9 Å². The average molecular weight is 544 g/mol. The topological polar surface area (TPSA) is 79.4 Å². The van der Waals surface area contributed by atoms with Gasteiger partial charge in [-0.25, -0.2) is 13.4 Å². The summed E-state index contributed by atoms with van der Waals surface area (Å²) in [5.74, 6) is -0.680. The van der Waals surface area contributed by atoms with Crippen LogP contribution in [0.1, 0.15) is 12.8 Å². The summed E-state index contributed by atoms with van der Waals surface area (Å²) in [4.78, 5) is 18.9. The van der Waals surface area contributed by atoms with Crippen LogP contribution in [0.4, 0.5) is 5.13 Å². The highest BCUT2D eigenvalue weighted by Crippen LogP contribution is 2.39. The van der Waals surface area contributed by atoms with Crippen molar-refractivity contribution in [3.05, 3.63) is 77.1 Å². The van der Waals surface area contributed by atoms with Crippen molar-refractivity contribution in [3.63, 3.8) is 0 Å². The predicted molar refractivity (Wildman–Crippen MR) is 142 cm³/mol. The number of rotatable bonds is 6. The van der Waals surface area contributed by atoms with Crippen LogP contribution in [0.2, 0.25) is 4.34 Å². The number of amides is 1. The first-order valence-electron chi connectivity index (χ1n) is 11.1. The molecule has 180 valence electrons. The van der Waals surface area contributed by atoms with Gasteiger partial charge in [0.2, 0.25) is 5.91 Å². The minimum Gasteiger partial charge on any atom is -0.302 e. The smallest absolute Gasteiger partial charge is 0.252 e. The Morgan fingerprint density at radius 1 is 0.971 bits per heavy atom. The van der Waals surface area contributed by atoms with Crippen LogP contribution in [0.15, 0.2) is 77.0 Å². The van der Waals surface area contributed by atoms with E-state index in [2.05, 4.69) is 5.32 Å². The molecule has 0 saturated carbocycles. The van der Waals surface area contributed by atoms with E-state index in [4.69, 9.17) is 16.6 Å². The Labute approximate surface area is 217 Å². The van der Waals surface area contributed by atoms with Crippen molar-refractivity contribution in [3.8, 4) is 21.7 Å². The van der Waals surface area contributed by atoms with Gasteiger partial charge in [0.15, 0.2) is 5.13 Å². The second-order valence-corrected chi connectivity index (χ2v) is 13.1. The van der Waals surface area contributed by atoms with Crippen molar-refractivity contribution >= 4 is 55.3 Å². The number of halogens is 1. The van der Waals surface area contributed by atoms with E-state index in [0.717, 1.165) is 33.0 Å². The maximum atomic E-state index is 13.2. The molecule has 3 heterocycles. The molecular weight excluding hydrogens is 522 g/mol. The van der Waals surface area contributed by atoms with E-state index >= 15 is 0 Å². The molecule has 1 aliphatic heterocycles. The van der Waals surface area contributed by atoms with Gasteiger partial charge >= 0.3 is 0 Å². The van der Waals surface area contributed by atoms with Crippen LogP contribution in [-0.4, -0.2) is 36.7 Å². The van der Waals surface area contributed by atoms with Gasteiger partial charge in [-0.05, 0) is 30.5 Å². The first-order chi connectivity index (χ1) is 16.9. The number of nitrogens with zero attached hydrogens (tertiary/aromatic N) is 2. The van der Waals surface area contributed by atoms with Gasteiger partial charge in [-0.1, -0.05) is 83.6 Å². The van der Waals surface area contributed by atoms with Crippen LogP contribution in [-0.2, 0) is 14.8 Å². The summed E-state index contributed by atoms with van der Waals surface area (Å²) in [6, 6.07) is 22.9. The van der Waals surface area contributed by atoms with Crippen LogP contribution in [0.5, 0.6) is 0 Å². The van der Waals surface area contributed by atoms with E-state index < -0.39 is 15.9 Å². The van der Waals surface area contributed by atoms with Gasteiger partial charge in [0.05, 0.1) is 20.8 Å². The molecule has 6 nitrogen and oxygen atoms in total. The molecule has 1 saturated heterocycles. The zero-order valence-corrected chi connectivity index (χ0v) is 21.8. The number of sulfonamides is 1. The third kappa shape index (κ3) is 5.19. The number of nitrogens with one attached hydrogen (secondary N) is 1. The number of hydrogen-bond donors (Lipinski definition) is 1. The minimum atomic E-state index is -3.68. The number of carbonyl (C=O) groups is 1. The van der Waals surface area contributed by atoms with E-state index in [1.807, 2.05) is 60.7 Å². The average Bonchev–Trinajstić information content (AvgIpc) is 3.52. The van der Waals surface area contributed by atoms with Crippen LogP contribution in [0.25, 0.3) is 21.7 Å². The van der Waals surface area contributed by atoms with Crippen LogP contribution in [0, 0.1) is 5.92 Å². The van der Waals surface area contributed by atoms with Gasteiger partial charge in [-0.3, -0.25) is 4.79 Å². The number of thiophene rings is 1. The molecule has 10 heteroatoms. The summed E-state index contributed by atoms with van der Waals surface area (Å²) in [5.41, 5.74) is 2.79. The fraction of sp³-hybridized carbons (Fsp3) is 0.200. The van der Waals surface area contributed by atoms with Gasteiger partial charge in [0.1, 0.15) is 4.21 Å². The first-order valence-corrected chi connectivity index (χ1v) is 14.5. The van der Waals surface area contributed by atoms with Gasteiger partial charge < -0.3 is 5.32 Å². The summed E-state index contributed by atoms with van der Waals surface area (Å²) < 4.78 is 28.0. The Kier molecular flexibility index (Phi) is 7.04. The molecule has 0 spiro atoms. The van der Waals surface area contributed by atoms with Gasteiger partial charge in [-0.15, -0.1) is 11.3 Å². The lowest BCUT2D eigenvalue weighted by Crippen LogP contribution is -2.43. The number of thiazole rings is 1. The lowest BCUT2D eigenvalue weighted by atomic mass is 9.99. The molecule has 1 unspecified atom stereocenters. The first kappa shape index (κ1) is 24.1. The second kappa shape index (κ2) is 10.2. The zero-order valence-electron chi connectivity index (χ0n) is 18.6. The summed E-state index contributed by atoms with van der Waals surface area (Å²) in [6.07, 6.45) is 1.23. The summed E-state index contributed by atoms with van der Waals surface area (Å²) in [5, 5.41) is 3.45. The SMILES string of the molecule is O=C(Nc1nc(-c2ccccc2)c(-c2ccccc2)s1)C1CCCN(S(=O)(=O)c2ccc(Cl)s2)C1. The van der Waals surface area contributed by atoms with Crippen molar-refractivity contribution in [2.24, 2.45) is 5.92 Å². The Hall–Kier alpha value is -2.56. The quantitative estimate of drug-likeness (QED) is 0.312. The molecule has 1 fully saturated rings. The third-order valence-electron chi connectivity index (χ3n) is 5.84. The van der Waals surface area contributed by atoms with Crippen molar-refractivity contribution < 1.29 is 13.2 Å². The van der Waals surface area contributed by atoms with E-state index in [9.17, 15) is 13.2 Å². The van der Waals surface area contributed by atoms with E-state index in [1.54, 1.807) is 6.07 Å². The number of anilines is 1. The summed E-state index contributed by atoms with van der Waals surface area (Å²) in [6.45, 7) is 0.515. The fourth-order valence-electron chi connectivity index (χ4n) is 4.10. The standard InChI is InChI=1S/C25H22ClN3O3S3/c26-20-13-14-21(33-20)35(31,32)29-15-7-12-19(16-29)24(30)28-25-27-22(17-8-3-1-4-9-17)23(34-25)18-10-5-2-6-11-18/h1-6,8-11,13-14,19H,7,12,15-16H2,(H,27,28,30). The van der Waals surface area contributed by atoms with Crippen LogP contribution >= 0.6 is 34.3 Å². The molecule has 0 aliphatic carbocycles. The maximum Gasteiger partial charge on any atom is 0.252 e. The Bertz CT molecular complexity index is 1380. The van der Waals surface area contributed by atoms with Gasteiger partial charge in [-0.2, -0.15) is 4.31 Å². The molecule has 1 aliphatic rings. The van der Waals surface area contributed by atoms with Crippen LogP contribution in [0.3, 0.4) is 0 Å². The van der Waals surface area contributed by atoms with E-state index in [1.165, 1.54) is 21.7 Å². The lowest BCUT2D eigenvalue weighted by Gasteiger charge is -2.30. The van der Waals surface area contributed by atoms with Crippen molar-refractivity contribution in [1.29, 1.82) is 0 Å². The molecule has 5 rings (SSSR count). The Morgan fingerprint density at radius 2 is 1.66 bits per heavy atom. The highest BCUT2D eigenvalue weighted by Gasteiger charge is 2.34. The highest BCUT2D eigenvalue weighted by molar-refractivity contribution is 7.91. The molecule has 1 N–H and O–H groups in total. The summed E-state index contributed by atoms with van der Waals surface area (Å²) in [7, 11) is -3.68. The molecule has 1 amide bonds. The minimum absolute atomic E-state index is 0.131. The van der Waals surface area contributed by atoms with E-state index in [-0.39, 0.29) is 16.7 Å². The molecule has 2 aromatic heterocycles. The maximum absolute atomic E-state index is 13.2. The molecule has 0 bridgehead atoms. The Balaban J connectivity index is 1.37. The number of benzene rings is 2. The van der Waals surface area contributed by atoms with Crippen LogP contribution < -0.4 is 5.32 Å². The monoisotopic (exact) mass is 543 g/mol. The predicted octanol–water partition coefficient (Wildman–Crippen LogP) is 6.23. The Morgan fingerprint density at radius 3 is 2.31 bits per heavy atom. The molecule has 2 aromatic carbocycles. The number of aromatic nitrogens is 1. The van der Waals surface area contributed by atoms with Crippen molar-refractivity contribution in [1.82, 2.24) is 9.29 Å². The lowest BCUT2D eigenvalue weighted by molar-refractivity contribution is -0.120. The fourth-order valence-corrected chi connectivity index (χ4v) is 8.25. The third-order valence-corrected chi connectivity index (χ3v) is 10.4. The molecule has 35 heavy (non-hydrogen) atoms. The largest absolute Gasteiger partial charge is 0.302 e. The van der Waals surface area contributed by atoms with Crippen molar-refractivity contribution in [2.45, 2.75) is 17.1 Å². The normalized spacial score (nSPS) is 16.8. The van der Waals surface area contributed by atoms with Gasteiger partial charge in [0.25, 0.3) is 10.0 Å². The molecule has 0 radical (unpaired) electrons.